The molecule has 82 valence electrons. The number of carboxylic acids is 1. The van der Waals surface area contributed by atoms with Crippen LogP contribution in [0.15, 0.2) is 22.7 Å². The van der Waals surface area contributed by atoms with Gasteiger partial charge in [-0.15, -0.1) is 11.6 Å². The average Bonchev–Trinajstić information content (AvgIpc) is 2.16. The largest absolute Gasteiger partial charge is 0.478 e. The van der Waals surface area contributed by atoms with Gasteiger partial charge in [0.25, 0.3) is 0 Å². The lowest BCUT2D eigenvalue weighted by molar-refractivity contribution is 0.0697. The van der Waals surface area contributed by atoms with Crippen molar-refractivity contribution in [2.75, 3.05) is 5.50 Å². The second-order valence-electron chi connectivity index (χ2n) is 4.05. The Morgan fingerprint density at radius 2 is 2.07 bits per heavy atom. The molecule has 0 heterocycles. The van der Waals surface area contributed by atoms with E-state index in [0.29, 0.717) is 11.1 Å². The van der Waals surface area contributed by atoms with Gasteiger partial charge in [-0.3, -0.25) is 0 Å². The van der Waals surface area contributed by atoms with E-state index < -0.39 is 14.0 Å². The van der Waals surface area contributed by atoms with Crippen molar-refractivity contribution < 1.29 is 9.90 Å². The fourth-order valence-corrected chi connectivity index (χ4v) is 3.60. The normalized spacial score (nSPS) is 11.5. The van der Waals surface area contributed by atoms with Crippen LogP contribution in [0.25, 0.3) is 0 Å². The van der Waals surface area contributed by atoms with Gasteiger partial charge in [-0.05, 0) is 18.2 Å². The summed E-state index contributed by atoms with van der Waals surface area (Å²) >= 11 is 9.23. The minimum Gasteiger partial charge on any atom is -0.478 e. The second-order valence-corrected chi connectivity index (χ2v) is 10.4. The van der Waals surface area contributed by atoms with Crippen LogP contribution < -0.4 is 5.19 Å². The van der Waals surface area contributed by atoms with Crippen LogP contribution >= 0.6 is 27.5 Å². The van der Waals surface area contributed by atoms with Gasteiger partial charge in [0.05, 0.1) is 13.6 Å². The highest BCUT2D eigenvalue weighted by atomic mass is 79.9. The summed E-state index contributed by atoms with van der Waals surface area (Å²) in [6, 6.07) is 5.29. The number of carboxylic acid groups (broad SMARTS) is 1. The molecule has 0 saturated carbocycles. The molecule has 0 aromatic heterocycles. The SMILES string of the molecule is C[Si](C)(CCl)c1cc(Br)cc(C(=O)O)c1. The average molecular weight is 308 g/mol. The number of aromatic carboxylic acids is 1. The number of halogens is 2. The third-order valence-corrected chi connectivity index (χ3v) is 7.24. The molecule has 5 heteroatoms. The van der Waals surface area contributed by atoms with Crippen molar-refractivity contribution in [1.29, 1.82) is 0 Å². The van der Waals surface area contributed by atoms with Crippen molar-refractivity contribution >= 4 is 46.8 Å². The molecule has 15 heavy (non-hydrogen) atoms. The van der Waals surface area contributed by atoms with E-state index in [9.17, 15) is 4.79 Å². The Balaban J connectivity index is 3.26. The number of hydrogen-bond acceptors (Lipinski definition) is 1. The summed E-state index contributed by atoms with van der Waals surface area (Å²) in [5, 5.41) is 9.99. The molecule has 0 aliphatic carbocycles. The third kappa shape index (κ3) is 3.06. The van der Waals surface area contributed by atoms with Gasteiger partial charge in [-0.2, -0.15) is 0 Å². The molecule has 1 N–H and O–H groups in total. The van der Waals surface area contributed by atoms with E-state index in [1.54, 1.807) is 12.1 Å². The maximum absolute atomic E-state index is 10.9. The van der Waals surface area contributed by atoms with Gasteiger partial charge in [0.2, 0.25) is 0 Å². The summed E-state index contributed by atoms with van der Waals surface area (Å²) in [6.45, 7) is 4.24. The molecule has 0 amide bonds. The topological polar surface area (TPSA) is 37.3 Å². The fraction of sp³-hybridized carbons (Fsp3) is 0.300. The summed E-state index contributed by atoms with van der Waals surface area (Å²) in [5.74, 6) is -0.906. The maximum atomic E-state index is 10.9. The van der Waals surface area contributed by atoms with Gasteiger partial charge in [0.15, 0.2) is 0 Å². The van der Waals surface area contributed by atoms with Gasteiger partial charge >= 0.3 is 5.97 Å². The predicted octanol–water partition coefficient (Wildman–Crippen LogP) is 2.84. The summed E-state index contributed by atoms with van der Waals surface area (Å²) in [6.07, 6.45) is 0. The lowest BCUT2D eigenvalue weighted by Gasteiger charge is -2.20. The zero-order chi connectivity index (χ0) is 11.6. The molecular weight excluding hydrogens is 296 g/mol. The summed E-state index contributed by atoms with van der Waals surface area (Å²) in [5.41, 5.74) is 0.896. The fourth-order valence-electron chi connectivity index (χ4n) is 1.18. The van der Waals surface area contributed by atoms with E-state index in [1.165, 1.54) is 0 Å². The standard InChI is InChI=1S/C10H12BrClO2Si/c1-15(2,6-12)9-4-7(10(13)14)3-8(11)5-9/h3-5H,6H2,1-2H3,(H,13,14). The molecule has 0 saturated heterocycles. The molecule has 0 fully saturated rings. The highest BCUT2D eigenvalue weighted by Gasteiger charge is 2.23. The molecule has 1 rings (SSSR count). The van der Waals surface area contributed by atoms with Crippen LogP contribution in [0.2, 0.25) is 13.1 Å². The van der Waals surface area contributed by atoms with Crippen LogP contribution in [0, 0.1) is 0 Å². The molecule has 0 aliphatic heterocycles. The highest BCUT2D eigenvalue weighted by molar-refractivity contribution is 9.10. The first kappa shape index (κ1) is 12.7. The quantitative estimate of drug-likeness (QED) is 0.689. The van der Waals surface area contributed by atoms with Gasteiger partial charge in [0.1, 0.15) is 0 Å². The molecule has 1 aromatic rings. The first-order valence-corrected chi connectivity index (χ1v) is 9.00. The molecule has 1 aromatic carbocycles. The first-order chi connectivity index (χ1) is 6.86. The second kappa shape index (κ2) is 4.68. The van der Waals surface area contributed by atoms with Crippen LogP contribution in [0.4, 0.5) is 0 Å². The number of hydrogen-bond donors (Lipinski definition) is 1. The molecule has 0 aliphatic rings. The molecular formula is C10H12BrClO2Si. The molecule has 0 spiro atoms. The Kier molecular flexibility index (Phi) is 3.97. The zero-order valence-corrected chi connectivity index (χ0v) is 11.9. The molecule has 0 atom stereocenters. The van der Waals surface area contributed by atoms with E-state index in [2.05, 4.69) is 29.0 Å². The molecule has 2 nitrogen and oxygen atoms in total. The van der Waals surface area contributed by atoms with Gasteiger partial charge < -0.3 is 5.11 Å². The summed E-state index contributed by atoms with van der Waals surface area (Å²) < 4.78 is 0.795. The first-order valence-electron chi connectivity index (χ1n) is 4.47. The third-order valence-electron chi connectivity index (χ3n) is 2.26. The predicted molar refractivity (Wildman–Crippen MR) is 68.9 cm³/mol. The lowest BCUT2D eigenvalue weighted by atomic mass is 10.2. The van der Waals surface area contributed by atoms with Crippen LogP contribution in [0.3, 0.4) is 0 Å². The summed E-state index contributed by atoms with van der Waals surface area (Å²) in [7, 11) is -1.69. The van der Waals surface area contributed by atoms with Crippen LogP contribution in [0.5, 0.6) is 0 Å². The van der Waals surface area contributed by atoms with E-state index in [-0.39, 0.29) is 0 Å². The number of benzene rings is 1. The zero-order valence-electron chi connectivity index (χ0n) is 8.55. The molecule has 0 radical (unpaired) electrons. The highest BCUT2D eigenvalue weighted by Crippen LogP contribution is 2.15. The monoisotopic (exact) mass is 306 g/mol. The Bertz CT molecular complexity index is 393. The Morgan fingerprint density at radius 1 is 1.47 bits per heavy atom. The minimum absolute atomic E-state index is 0.310. The number of alkyl halides is 1. The van der Waals surface area contributed by atoms with Crippen molar-refractivity contribution in [3.63, 3.8) is 0 Å². The molecule has 0 bridgehead atoms. The molecule has 0 unspecified atom stereocenters. The lowest BCUT2D eigenvalue weighted by Crippen LogP contribution is -2.44. The Hall–Kier alpha value is -0.323. The van der Waals surface area contributed by atoms with Crippen LogP contribution in [-0.4, -0.2) is 24.7 Å². The van der Waals surface area contributed by atoms with Gasteiger partial charge in [-0.1, -0.05) is 34.2 Å². The summed E-state index contributed by atoms with van der Waals surface area (Å²) in [4.78, 5) is 10.9. The van der Waals surface area contributed by atoms with Gasteiger partial charge in [0, 0.05) is 9.98 Å². The smallest absolute Gasteiger partial charge is 0.335 e. The van der Waals surface area contributed by atoms with E-state index in [4.69, 9.17) is 16.7 Å². The van der Waals surface area contributed by atoms with Crippen LogP contribution in [-0.2, 0) is 0 Å². The van der Waals surface area contributed by atoms with Crippen molar-refractivity contribution in [3.8, 4) is 0 Å². The van der Waals surface area contributed by atoms with Crippen molar-refractivity contribution in [2.45, 2.75) is 13.1 Å². The van der Waals surface area contributed by atoms with Crippen molar-refractivity contribution in [2.24, 2.45) is 0 Å². The van der Waals surface area contributed by atoms with E-state index in [0.717, 1.165) is 9.66 Å². The Morgan fingerprint density at radius 3 is 2.53 bits per heavy atom. The number of rotatable bonds is 3. The van der Waals surface area contributed by atoms with Gasteiger partial charge in [-0.25, -0.2) is 4.79 Å². The van der Waals surface area contributed by atoms with E-state index in [1.807, 2.05) is 6.07 Å². The van der Waals surface area contributed by atoms with Crippen LogP contribution in [0.1, 0.15) is 10.4 Å². The van der Waals surface area contributed by atoms with E-state index >= 15 is 0 Å². The van der Waals surface area contributed by atoms with Crippen molar-refractivity contribution in [3.05, 3.63) is 28.2 Å². The van der Waals surface area contributed by atoms with Crippen molar-refractivity contribution in [1.82, 2.24) is 0 Å². The minimum atomic E-state index is -1.69. The Labute approximate surface area is 103 Å². The maximum Gasteiger partial charge on any atom is 0.335 e. The number of carbonyl (C=O) groups is 1.